The molecule has 0 aromatic rings. The van der Waals surface area contributed by atoms with Gasteiger partial charge in [0, 0.05) is 43.4 Å². The zero-order chi connectivity index (χ0) is 10.7. The highest BCUT2D eigenvalue weighted by Crippen LogP contribution is 2.25. The third-order valence-corrected chi connectivity index (χ3v) is 5.73. The van der Waals surface area contributed by atoms with Crippen molar-refractivity contribution in [2.75, 3.05) is 50.5 Å². The Balaban J connectivity index is 1.84. The van der Waals surface area contributed by atoms with E-state index in [1.54, 1.807) is 0 Å². The van der Waals surface area contributed by atoms with Gasteiger partial charge in [-0.1, -0.05) is 0 Å². The van der Waals surface area contributed by atoms with Gasteiger partial charge in [0.2, 0.25) is 0 Å². The van der Waals surface area contributed by atoms with Crippen LogP contribution in [0.15, 0.2) is 0 Å². The second-order valence-corrected chi connectivity index (χ2v) is 6.57. The Kier molecular flexibility index (Phi) is 4.22. The third-order valence-electron chi connectivity index (χ3n) is 2.96. The van der Waals surface area contributed by atoms with Gasteiger partial charge in [-0.05, 0) is 7.05 Å². The Labute approximate surface area is 100 Å². The molecule has 3 nitrogen and oxygen atoms in total. The normalized spacial score (nSPS) is 29.1. The first kappa shape index (κ1) is 11.6. The van der Waals surface area contributed by atoms with E-state index in [1.807, 2.05) is 23.5 Å². The monoisotopic (exact) mass is 245 g/mol. The SMILES string of the molecule is CN1CCN(C(=N)C2CSCCS2)CC1. The highest BCUT2D eigenvalue weighted by molar-refractivity contribution is 8.07. The molecule has 15 heavy (non-hydrogen) atoms. The molecule has 0 spiro atoms. The van der Waals surface area contributed by atoms with Crippen molar-refractivity contribution in [1.82, 2.24) is 9.80 Å². The largest absolute Gasteiger partial charge is 0.357 e. The molecule has 2 heterocycles. The smallest absolute Gasteiger partial charge is 0.110 e. The number of hydrogen-bond acceptors (Lipinski definition) is 4. The predicted octanol–water partition coefficient (Wildman–Crippen LogP) is 1.06. The second kappa shape index (κ2) is 5.46. The van der Waals surface area contributed by atoms with Crippen molar-refractivity contribution >= 4 is 29.4 Å². The molecule has 1 N–H and O–H groups in total. The standard InChI is InChI=1S/C10H19N3S2/c1-12-2-4-13(5-3-12)10(11)9-8-14-6-7-15-9/h9,11H,2-8H2,1H3. The van der Waals surface area contributed by atoms with E-state index in [4.69, 9.17) is 5.41 Å². The van der Waals surface area contributed by atoms with Gasteiger partial charge in [-0.15, -0.1) is 11.8 Å². The van der Waals surface area contributed by atoms with Crippen LogP contribution in [0.2, 0.25) is 0 Å². The van der Waals surface area contributed by atoms with Crippen molar-refractivity contribution < 1.29 is 0 Å². The molecule has 0 radical (unpaired) electrons. The van der Waals surface area contributed by atoms with Crippen LogP contribution < -0.4 is 0 Å². The summed E-state index contributed by atoms with van der Waals surface area (Å²) in [7, 11) is 2.16. The van der Waals surface area contributed by atoms with E-state index in [2.05, 4.69) is 16.8 Å². The molecule has 0 bridgehead atoms. The fraction of sp³-hybridized carbons (Fsp3) is 0.900. The number of thioether (sulfide) groups is 2. The van der Waals surface area contributed by atoms with E-state index < -0.39 is 0 Å². The minimum Gasteiger partial charge on any atom is -0.357 e. The lowest BCUT2D eigenvalue weighted by molar-refractivity contribution is 0.213. The number of amidine groups is 1. The van der Waals surface area contributed by atoms with E-state index in [0.29, 0.717) is 5.25 Å². The van der Waals surface area contributed by atoms with Gasteiger partial charge in [-0.2, -0.15) is 11.8 Å². The highest BCUT2D eigenvalue weighted by Gasteiger charge is 2.25. The third kappa shape index (κ3) is 3.04. The minimum atomic E-state index is 0.451. The second-order valence-electron chi connectivity index (χ2n) is 4.11. The van der Waals surface area contributed by atoms with Crippen molar-refractivity contribution in [2.24, 2.45) is 0 Å². The molecule has 0 aromatic carbocycles. The van der Waals surface area contributed by atoms with E-state index in [-0.39, 0.29) is 0 Å². The van der Waals surface area contributed by atoms with E-state index in [1.165, 1.54) is 11.5 Å². The van der Waals surface area contributed by atoms with Gasteiger partial charge < -0.3 is 9.80 Å². The number of likely N-dealkylation sites (N-methyl/N-ethyl adjacent to an activating group) is 1. The van der Waals surface area contributed by atoms with Crippen molar-refractivity contribution in [1.29, 1.82) is 5.41 Å². The van der Waals surface area contributed by atoms with Crippen molar-refractivity contribution in [3.63, 3.8) is 0 Å². The van der Waals surface area contributed by atoms with Gasteiger partial charge in [0.25, 0.3) is 0 Å². The molecule has 86 valence electrons. The summed E-state index contributed by atoms with van der Waals surface area (Å²) in [5.41, 5.74) is 0. The Hall–Kier alpha value is 0.130. The predicted molar refractivity (Wildman–Crippen MR) is 70.4 cm³/mol. The van der Waals surface area contributed by atoms with Crippen LogP contribution in [0.1, 0.15) is 0 Å². The molecule has 0 saturated carbocycles. The number of rotatable bonds is 1. The summed E-state index contributed by atoms with van der Waals surface area (Å²) in [6.45, 7) is 4.29. The summed E-state index contributed by atoms with van der Waals surface area (Å²) in [6.07, 6.45) is 0. The first-order valence-electron chi connectivity index (χ1n) is 5.48. The van der Waals surface area contributed by atoms with Crippen LogP contribution in [0.25, 0.3) is 0 Å². The molecule has 2 rings (SSSR count). The molecule has 1 atom stereocenters. The molecule has 2 aliphatic rings. The first-order valence-corrected chi connectivity index (χ1v) is 7.69. The Bertz CT molecular complexity index is 221. The lowest BCUT2D eigenvalue weighted by Crippen LogP contribution is -2.50. The summed E-state index contributed by atoms with van der Waals surface area (Å²) in [5.74, 6) is 4.48. The molecule has 2 aliphatic heterocycles. The van der Waals surface area contributed by atoms with Crippen LogP contribution in [0.5, 0.6) is 0 Å². The van der Waals surface area contributed by atoms with Gasteiger partial charge in [0.1, 0.15) is 5.84 Å². The van der Waals surface area contributed by atoms with Crippen molar-refractivity contribution in [3.05, 3.63) is 0 Å². The Morgan fingerprint density at radius 2 is 1.93 bits per heavy atom. The Morgan fingerprint density at radius 1 is 1.20 bits per heavy atom. The van der Waals surface area contributed by atoms with Crippen LogP contribution in [0.3, 0.4) is 0 Å². The van der Waals surface area contributed by atoms with Gasteiger partial charge in [0.15, 0.2) is 0 Å². The number of hydrogen-bond donors (Lipinski definition) is 1. The average Bonchev–Trinajstić information content (AvgIpc) is 2.30. The lowest BCUT2D eigenvalue weighted by Gasteiger charge is -2.37. The van der Waals surface area contributed by atoms with Crippen molar-refractivity contribution in [2.45, 2.75) is 5.25 Å². The zero-order valence-electron chi connectivity index (χ0n) is 9.24. The maximum Gasteiger partial charge on any atom is 0.110 e. The molecule has 2 saturated heterocycles. The molecule has 0 aliphatic carbocycles. The van der Waals surface area contributed by atoms with Crippen LogP contribution in [-0.2, 0) is 0 Å². The van der Waals surface area contributed by atoms with Gasteiger partial charge in [-0.25, -0.2) is 0 Å². The van der Waals surface area contributed by atoms with Gasteiger partial charge in [0.05, 0.1) is 5.25 Å². The fourth-order valence-electron chi connectivity index (χ4n) is 1.90. The van der Waals surface area contributed by atoms with E-state index in [0.717, 1.165) is 37.8 Å². The summed E-state index contributed by atoms with van der Waals surface area (Å²) in [5, 5.41) is 8.67. The highest BCUT2D eigenvalue weighted by atomic mass is 32.2. The van der Waals surface area contributed by atoms with E-state index in [9.17, 15) is 0 Å². The summed E-state index contributed by atoms with van der Waals surface area (Å²) in [4.78, 5) is 4.61. The molecule has 0 aromatic heterocycles. The molecule has 5 heteroatoms. The number of piperazine rings is 1. The topological polar surface area (TPSA) is 30.3 Å². The Morgan fingerprint density at radius 3 is 2.53 bits per heavy atom. The number of nitrogens with one attached hydrogen (secondary N) is 1. The van der Waals surface area contributed by atoms with Crippen LogP contribution >= 0.6 is 23.5 Å². The number of nitrogens with zero attached hydrogens (tertiary/aromatic N) is 2. The lowest BCUT2D eigenvalue weighted by atomic mass is 10.3. The average molecular weight is 245 g/mol. The first-order chi connectivity index (χ1) is 7.27. The minimum absolute atomic E-state index is 0.451. The van der Waals surface area contributed by atoms with Crippen LogP contribution in [0, 0.1) is 5.41 Å². The van der Waals surface area contributed by atoms with Crippen LogP contribution in [-0.4, -0.2) is 71.4 Å². The quantitative estimate of drug-likeness (QED) is 0.553. The molecular formula is C10H19N3S2. The molecule has 1 unspecified atom stereocenters. The maximum absolute atomic E-state index is 8.22. The molecule has 2 fully saturated rings. The summed E-state index contributed by atoms with van der Waals surface area (Å²) < 4.78 is 0. The molecular weight excluding hydrogens is 226 g/mol. The summed E-state index contributed by atoms with van der Waals surface area (Å²) >= 11 is 3.96. The maximum atomic E-state index is 8.22. The van der Waals surface area contributed by atoms with Gasteiger partial charge in [-0.3, -0.25) is 5.41 Å². The molecule has 0 amide bonds. The van der Waals surface area contributed by atoms with Crippen molar-refractivity contribution in [3.8, 4) is 0 Å². The van der Waals surface area contributed by atoms with E-state index >= 15 is 0 Å². The fourth-order valence-corrected chi connectivity index (χ4v) is 4.56. The van der Waals surface area contributed by atoms with Gasteiger partial charge >= 0.3 is 0 Å². The zero-order valence-corrected chi connectivity index (χ0v) is 10.9. The van der Waals surface area contributed by atoms with Crippen LogP contribution in [0.4, 0.5) is 0 Å². The summed E-state index contributed by atoms with van der Waals surface area (Å²) in [6, 6.07) is 0.